The molecular formula is C20H24N2O3S. The molecule has 1 saturated heterocycles. The predicted molar refractivity (Wildman–Crippen MR) is 103 cm³/mol. The van der Waals surface area contributed by atoms with Gasteiger partial charge in [-0.1, -0.05) is 0 Å². The van der Waals surface area contributed by atoms with Crippen LogP contribution in [-0.2, 0) is 4.79 Å². The van der Waals surface area contributed by atoms with Crippen LogP contribution in [0, 0.1) is 6.92 Å². The molecule has 6 heteroatoms. The van der Waals surface area contributed by atoms with Gasteiger partial charge in [-0.3, -0.25) is 9.59 Å². The maximum atomic E-state index is 12.3. The highest BCUT2D eigenvalue weighted by Gasteiger charge is 2.23. The molecule has 1 amide bonds. The number of rotatable bonds is 5. The molecule has 1 aliphatic rings. The number of aromatic nitrogens is 1. The summed E-state index contributed by atoms with van der Waals surface area (Å²) in [6.45, 7) is 6.39. The zero-order valence-electron chi connectivity index (χ0n) is 15.4. The molecule has 0 saturated carbocycles. The first-order valence-electron chi connectivity index (χ1n) is 8.97. The molecule has 2 aromatic rings. The summed E-state index contributed by atoms with van der Waals surface area (Å²) in [5.74, 6) is 0.742. The molecule has 0 spiro atoms. The average Bonchev–Trinajstić information content (AvgIpc) is 3.02. The van der Waals surface area contributed by atoms with Gasteiger partial charge >= 0.3 is 0 Å². The van der Waals surface area contributed by atoms with E-state index in [2.05, 4.69) is 11.9 Å². The molecule has 2 heterocycles. The SMILES string of the molecule is CC(=O)c1sc(-c2ccc(OCC(=O)N3CCCC[C@@H]3C)cc2)nc1C. The summed E-state index contributed by atoms with van der Waals surface area (Å²) in [5.41, 5.74) is 1.70. The molecule has 26 heavy (non-hydrogen) atoms. The second-order valence-electron chi connectivity index (χ2n) is 6.73. The van der Waals surface area contributed by atoms with Gasteiger partial charge in [0.05, 0.1) is 10.6 Å². The zero-order valence-corrected chi connectivity index (χ0v) is 16.3. The molecular weight excluding hydrogens is 348 g/mol. The number of Topliss-reactive ketones (excluding diaryl/α,β-unsaturated/α-hetero) is 1. The van der Waals surface area contributed by atoms with Crippen LogP contribution in [0.15, 0.2) is 24.3 Å². The number of ketones is 1. The first-order chi connectivity index (χ1) is 12.5. The van der Waals surface area contributed by atoms with Crippen molar-refractivity contribution in [2.45, 2.75) is 46.1 Å². The lowest BCUT2D eigenvalue weighted by Gasteiger charge is -2.33. The van der Waals surface area contributed by atoms with Crippen LogP contribution in [0.4, 0.5) is 0 Å². The monoisotopic (exact) mass is 372 g/mol. The molecule has 0 unspecified atom stereocenters. The van der Waals surface area contributed by atoms with Gasteiger partial charge in [-0.25, -0.2) is 4.98 Å². The van der Waals surface area contributed by atoms with Crippen molar-refractivity contribution >= 4 is 23.0 Å². The lowest BCUT2D eigenvalue weighted by Crippen LogP contribution is -2.44. The molecule has 138 valence electrons. The molecule has 0 aliphatic carbocycles. The van der Waals surface area contributed by atoms with Crippen LogP contribution in [0.1, 0.15) is 48.5 Å². The van der Waals surface area contributed by atoms with Gasteiger partial charge < -0.3 is 9.64 Å². The number of hydrogen-bond donors (Lipinski definition) is 0. The summed E-state index contributed by atoms with van der Waals surface area (Å²) >= 11 is 1.40. The molecule has 0 bridgehead atoms. The fourth-order valence-electron chi connectivity index (χ4n) is 3.24. The van der Waals surface area contributed by atoms with Crippen molar-refractivity contribution in [2.24, 2.45) is 0 Å². The minimum absolute atomic E-state index is 0.0386. The smallest absolute Gasteiger partial charge is 0.260 e. The van der Waals surface area contributed by atoms with Crippen molar-refractivity contribution in [3.63, 3.8) is 0 Å². The summed E-state index contributed by atoms with van der Waals surface area (Å²) in [6.07, 6.45) is 3.32. The fourth-order valence-corrected chi connectivity index (χ4v) is 4.20. The summed E-state index contributed by atoms with van der Waals surface area (Å²) in [4.78, 5) is 31.0. The van der Waals surface area contributed by atoms with Gasteiger partial charge in [0.2, 0.25) is 0 Å². The third kappa shape index (κ3) is 4.12. The number of carbonyl (C=O) groups is 2. The van der Waals surface area contributed by atoms with Crippen molar-refractivity contribution < 1.29 is 14.3 Å². The van der Waals surface area contributed by atoms with Gasteiger partial charge in [-0.2, -0.15) is 0 Å². The third-order valence-corrected chi connectivity index (χ3v) is 6.01. The van der Waals surface area contributed by atoms with E-state index in [4.69, 9.17) is 4.74 Å². The van der Waals surface area contributed by atoms with Crippen LogP contribution in [0.5, 0.6) is 5.75 Å². The van der Waals surface area contributed by atoms with Gasteiger partial charge in [-0.15, -0.1) is 11.3 Å². The Kier molecular flexibility index (Phi) is 5.71. The summed E-state index contributed by atoms with van der Waals surface area (Å²) in [5, 5.41) is 0.817. The van der Waals surface area contributed by atoms with Gasteiger partial charge in [0.25, 0.3) is 5.91 Å². The highest BCUT2D eigenvalue weighted by atomic mass is 32.1. The second-order valence-corrected chi connectivity index (χ2v) is 7.73. The van der Waals surface area contributed by atoms with Crippen LogP contribution < -0.4 is 4.74 Å². The molecule has 1 fully saturated rings. The maximum absolute atomic E-state index is 12.3. The Morgan fingerprint density at radius 2 is 2.00 bits per heavy atom. The molecule has 1 aromatic heterocycles. The number of hydrogen-bond acceptors (Lipinski definition) is 5. The number of ether oxygens (including phenoxy) is 1. The lowest BCUT2D eigenvalue weighted by molar-refractivity contribution is -0.136. The number of likely N-dealkylation sites (tertiary alicyclic amines) is 1. The molecule has 0 radical (unpaired) electrons. The first-order valence-corrected chi connectivity index (χ1v) is 9.78. The Morgan fingerprint density at radius 1 is 1.27 bits per heavy atom. The predicted octanol–water partition coefficient (Wildman–Crippen LogP) is 4.10. The molecule has 1 aliphatic heterocycles. The number of nitrogens with zero attached hydrogens (tertiary/aromatic N) is 2. The van der Waals surface area contributed by atoms with Crippen LogP contribution in [0.25, 0.3) is 10.6 Å². The molecule has 0 N–H and O–H groups in total. The first kappa shape index (κ1) is 18.6. The maximum Gasteiger partial charge on any atom is 0.260 e. The van der Waals surface area contributed by atoms with E-state index in [9.17, 15) is 9.59 Å². The number of amides is 1. The van der Waals surface area contributed by atoms with Crippen molar-refractivity contribution in [1.82, 2.24) is 9.88 Å². The summed E-state index contributed by atoms with van der Waals surface area (Å²) < 4.78 is 5.67. The normalized spacial score (nSPS) is 17.2. The van der Waals surface area contributed by atoms with Crippen LogP contribution in [-0.4, -0.2) is 40.8 Å². The Balaban J connectivity index is 1.62. The summed E-state index contributed by atoms with van der Waals surface area (Å²) in [7, 11) is 0. The summed E-state index contributed by atoms with van der Waals surface area (Å²) in [6, 6.07) is 7.79. The van der Waals surface area contributed by atoms with E-state index in [0.717, 1.165) is 35.7 Å². The second kappa shape index (κ2) is 7.99. The van der Waals surface area contributed by atoms with E-state index in [1.165, 1.54) is 17.8 Å². The van der Waals surface area contributed by atoms with Gasteiger partial charge in [0.1, 0.15) is 10.8 Å². The van der Waals surface area contributed by atoms with Crippen molar-refractivity contribution in [3.8, 4) is 16.3 Å². The van der Waals surface area contributed by atoms with E-state index >= 15 is 0 Å². The largest absolute Gasteiger partial charge is 0.484 e. The molecule has 3 rings (SSSR count). The zero-order chi connectivity index (χ0) is 18.7. The van der Waals surface area contributed by atoms with Crippen molar-refractivity contribution in [2.75, 3.05) is 13.2 Å². The van der Waals surface area contributed by atoms with Crippen molar-refractivity contribution in [1.29, 1.82) is 0 Å². The van der Waals surface area contributed by atoms with E-state index in [0.29, 0.717) is 16.7 Å². The lowest BCUT2D eigenvalue weighted by atomic mass is 10.0. The Bertz CT molecular complexity index is 798. The number of aryl methyl sites for hydroxylation is 1. The topological polar surface area (TPSA) is 59.5 Å². The average molecular weight is 372 g/mol. The number of piperidine rings is 1. The Hall–Kier alpha value is -2.21. The van der Waals surface area contributed by atoms with E-state index < -0.39 is 0 Å². The van der Waals surface area contributed by atoms with Crippen molar-refractivity contribution in [3.05, 3.63) is 34.8 Å². The number of carbonyl (C=O) groups excluding carboxylic acids is 2. The highest BCUT2D eigenvalue weighted by Crippen LogP contribution is 2.29. The fraction of sp³-hybridized carbons (Fsp3) is 0.450. The Labute approximate surface area is 158 Å². The van der Waals surface area contributed by atoms with Gasteiger partial charge in [0.15, 0.2) is 12.4 Å². The number of benzene rings is 1. The molecule has 1 atom stereocenters. The van der Waals surface area contributed by atoms with E-state index in [1.54, 1.807) is 6.92 Å². The number of thiazole rings is 1. The quantitative estimate of drug-likeness (QED) is 0.742. The molecule has 1 aromatic carbocycles. The van der Waals surface area contributed by atoms with Gasteiger partial charge in [-0.05, 0) is 57.4 Å². The third-order valence-electron chi connectivity index (χ3n) is 4.70. The minimum Gasteiger partial charge on any atom is -0.484 e. The van der Waals surface area contributed by atoms with Gasteiger partial charge in [0, 0.05) is 25.1 Å². The van der Waals surface area contributed by atoms with Crippen LogP contribution >= 0.6 is 11.3 Å². The van der Waals surface area contributed by atoms with Crippen LogP contribution in [0.2, 0.25) is 0 Å². The van der Waals surface area contributed by atoms with E-state index in [-0.39, 0.29) is 18.3 Å². The Morgan fingerprint density at radius 3 is 2.62 bits per heavy atom. The molecule has 5 nitrogen and oxygen atoms in total. The standard InChI is InChI=1S/C20H24N2O3S/c1-13-6-4-5-11-22(13)18(24)12-25-17-9-7-16(8-10-17)20-21-14(2)19(26-20)15(3)23/h7-10,13H,4-6,11-12H2,1-3H3/t13-/m0/s1. The highest BCUT2D eigenvalue weighted by molar-refractivity contribution is 7.17. The minimum atomic E-state index is 0.0386. The van der Waals surface area contributed by atoms with E-state index in [1.807, 2.05) is 36.1 Å². The van der Waals surface area contributed by atoms with Crippen LogP contribution in [0.3, 0.4) is 0 Å².